The van der Waals surface area contributed by atoms with Crippen LogP contribution in [-0.4, -0.2) is 15.2 Å². The number of thiophene rings is 1. The molecular weight excluding hydrogens is 338 g/mol. The fourth-order valence-electron chi connectivity index (χ4n) is 2.19. The quantitative estimate of drug-likeness (QED) is 0.514. The van der Waals surface area contributed by atoms with Gasteiger partial charge in [-0.15, -0.1) is 21.5 Å². The normalized spacial score (nSPS) is 11.3. The van der Waals surface area contributed by atoms with Crippen LogP contribution in [0.5, 0.6) is 0 Å². The van der Waals surface area contributed by atoms with Crippen molar-refractivity contribution >= 4 is 45.6 Å². The van der Waals surface area contributed by atoms with Gasteiger partial charge in [0.15, 0.2) is 0 Å². The summed E-state index contributed by atoms with van der Waals surface area (Å²) in [7, 11) is 0. The molecule has 0 atom stereocenters. The Bertz CT molecular complexity index is 928. The highest BCUT2D eigenvalue weighted by Crippen LogP contribution is 2.32. The number of nitrogens with zero attached hydrogens (tertiary/aromatic N) is 2. The summed E-state index contributed by atoms with van der Waals surface area (Å²) in [4.78, 5) is 4.39. The largest absolute Gasteiger partial charge is 0.411 e. The van der Waals surface area contributed by atoms with Gasteiger partial charge in [-0.05, 0) is 18.2 Å². The molecule has 0 spiro atoms. The van der Waals surface area contributed by atoms with Gasteiger partial charge in [-0.3, -0.25) is 0 Å². The van der Waals surface area contributed by atoms with Gasteiger partial charge < -0.3 is 9.40 Å². The smallest absolute Gasteiger partial charge is 0.277 e. The third kappa shape index (κ3) is 2.65. The molecule has 22 heavy (non-hydrogen) atoms. The van der Waals surface area contributed by atoms with Crippen molar-refractivity contribution in [3.05, 3.63) is 51.8 Å². The fraction of sp³-hybridized carbons (Fsp3) is 0.0667. The van der Waals surface area contributed by atoms with Gasteiger partial charge in [0.25, 0.3) is 11.1 Å². The minimum absolute atomic E-state index is 0.532. The number of H-pyrrole nitrogens is 1. The first-order chi connectivity index (χ1) is 10.8. The fourth-order valence-corrected chi connectivity index (χ4v) is 4.08. The van der Waals surface area contributed by atoms with E-state index in [0.717, 1.165) is 26.6 Å². The Morgan fingerprint density at radius 2 is 2.09 bits per heavy atom. The Morgan fingerprint density at radius 3 is 2.95 bits per heavy atom. The topological polar surface area (TPSA) is 54.7 Å². The zero-order valence-electron chi connectivity index (χ0n) is 11.2. The van der Waals surface area contributed by atoms with Crippen LogP contribution >= 0.6 is 34.7 Å². The SMILES string of the molecule is Clc1ccc(CSc2nnc(-c3c[nH]c4ccccc34)o2)s1. The van der Waals surface area contributed by atoms with Crippen LogP contribution in [0.3, 0.4) is 0 Å². The molecule has 1 aromatic carbocycles. The highest BCUT2D eigenvalue weighted by molar-refractivity contribution is 7.98. The van der Waals surface area contributed by atoms with Crippen molar-refractivity contribution in [3.63, 3.8) is 0 Å². The summed E-state index contributed by atoms with van der Waals surface area (Å²) in [5.41, 5.74) is 1.98. The molecule has 0 saturated carbocycles. The number of aromatic nitrogens is 3. The number of benzene rings is 1. The van der Waals surface area contributed by atoms with E-state index < -0.39 is 0 Å². The zero-order chi connectivity index (χ0) is 14.9. The number of halogens is 1. The summed E-state index contributed by atoms with van der Waals surface area (Å²) in [6.07, 6.45) is 1.89. The maximum atomic E-state index is 5.92. The maximum Gasteiger partial charge on any atom is 0.277 e. The molecule has 3 aromatic heterocycles. The molecule has 4 aromatic rings. The average Bonchev–Trinajstić information content (AvgIpc) is 3.23. The van der Waals surface area contributed by atoms with Gasteiger partial charge in [0, 0.05) is 27.7 Å². The number of hydrogen-bond acceptors (Lipinski definition) is 5. The lowest BCUT2D eigenvalue weighted by atomic mass is 10.2. The lowest BCUT2D eigenvalue weighted by Crippen LogP contribution is -1.75. The van der Waals surface area contributed by atoms with E-state index in [1.807, 2.05) is 42.6 Å². The van der Waals surface area contributed by atoms with Gasteiger partial charge in [0.05, 0.1) is 9.90 Å². The monoisotopic (exact) mass is 347 g/mol. The lowest BCUT2D eigenvalue weighted by Gasteiger charge is -1.93. The van der Waals surface area contributed by atoms with Crippen molar-refractivity contribution < 1.29 is 4.42 Å². The second-order valence-corrected chi connectivity index (χ2v) is 7.34. The number of aromatic amines is 1. The van der Waals surface area contributed by atoms with E-state index in [1.54, 1.807) is 11.3 Å². The predicted octanol–water partition coefficient (Wildman–Crippen LogP) is 5.23. The molecule has 0 radical (unpaired) electrons. The molecule has 0 aliphatic heterocycles. The van der Waals surface area contributed by atoms with Crippen molar-refractivity contribution in [2.45, 2.75) is 11.0 Å². The second kappa shape index (κ2) is 5.79. The molecule has 0 unspecified atom stereocenters. The number of rotatable bonds is 4. The van der Waals surface area contributed by atoms with E-state index in [-0.39, 0.29) is 0 Å². The first kappa shape index (κ1) is 13.9. The Labute approximate surface area is 139 Å². The molecule has 0 bridgehead atoms. The molecule has 0 fully saturated rings. The number of nitrogens with one attached hydrogen (secondary N) is 1. The summed E-state index contributed by atoms with van der Waals surface area (Å²) in [5.74, 6) is 1.30. The van der Waals surface area contributed by atoms with E-state index in [9.17, 15) is 0 Å². The predicted molar refractivity (Wildman–Crippen MR) is 90.5 cm³/mol. The van der Waals surface area contributed by atoms with Crippen LogP contribution in [-0.2, 0) is 5.75 Å². The maximum absolute atomic E-state index is 5.92. The highest BCUT2D eigenvalue weighted by atomic mass is 35.5. The molecule has 3 heterocycles. The molecule has 0 amide bonds. The zero-order valence-corrected chi connectivity index (χ0v) is 13.6. The summed E-state index contributed by atoms with van der Waals surface area (Å²) < 4.78 is 6.55. The molecule has 1 N–H and O–H groups in total. The molecular formula is C15H10ClN3OS2. The molecule has 0 aliphatic carbocycles. The van der Waals surface area contributed by atoms with E-state index in [2.05, 4.69) is 15.2 Å². The molecule has 4 nitrogen and oxygen atoms in total. The Morgan fingerprint density at radius 1 is 1.18 bits per heavy atom. The van der Waals surface area contributed by atoms with Gasteiger partial charge in [-0.1, -0.05) is 41.6 Å². The Hall–Kier alpha value is -1.76. The Balaban J connectivity index is 1.56. The van der Waals surface area contributed by atoms with Crippen LogP contribution < -0.4 is 0 Å². The average molecular weight is 348 g/mol. The van der Waals surface area contributed by atoms with Gasteiger partial charge in [-0.25, -0.2) is 0 Å². The summed E-state index contributed by atoms with van der Waals surface area (Å²) >= 11 is 9.00. The molecule has 7 heteroatoms. The van der Waals surface area contributed by atoms with Crippen LogP contribution in [0.2, 0.25) is 4.34 Å². The van der Waals surface area contributed by atoms with Crippen molar-refractivity contribution in [2.24, 2.45) is 0 Å². The van der Waals surface area contributed by atoms with Gasteiger partial charge in [0.1, 0.15) is 0 Å². The van der Waals surface area contributed by atoms with Gasteiger partial charge in [-0.2, -0.15) is 0 Å². The van der Waals surface area contributed by atoms with Crippen molar-refractivity contribution in [1.82, 2.24) is 15.2 Å². The third-order valence-electron chi connectivity index (χ3n) is 3.19. The van der Waals surface area contributed by atoms with Crippen LogP contribution in [0.4, 0.5) is 0 Å². The number of fused-ring (bicyclic) bond motifs is 1. The van der Waals surface area contributed by atoms with E-state index >= 15 is 0 Å². The number of hydrogen-bond donors (Lipinski definition) is 1. The van der Waals surface area contributed by atoms with Gasteiger partial charge >= 0.3 is 0 Å². The minimum Gasteiger partial charge on any atom is -0.411 e. The van der Waals surface area contributed by atoms with Crippen molar-refractivity contribution in [3.8, 4) is 11.5 Å². The molecule has 0 saturated heterocycles. The first-order valence-corrected chi connectivity index (χ1v) is 8.74. The molecule has 110 valence electrons. The standard InChI is InChI=1S/C15H10ClN3OS2/c16-13-6-5-9(22-13)8-21-15-19-18-14(20-15)11-7-17-12-4-2-1-3-10(11)12/h1-7,17H,8H2. The summed E-state index contributed by atoms with van der Waals surface area (Å²) in [6, 6.07) is 11.9. The number of thioether (sulfide) groups is 1. The second-order valence-electron chi connectivity index (χ2n) is 4.62. The van der Waals surface area contributed by atoms with Crippen LogP contribution in [0, 0.1) is 0 Å². The summed E-state index contributed by atoms with van der Waals surface area (Å²) in [5, 5.41) is 9.89. The van der Waals surface area contributed by atoms with Crippen LogP contribution in [0.15, 0.2) is 52.2 Å². The van der Waals surface area contributed by atoms with E-state index in [4.69, 9.17) is 16.0 Å². The van der Waals surface area contributed by atoms with Gasteiger partial charge in [0.2, 0.25) is 0 Å². The van der Waals surface area contributed by atoms with Crippen LogP contribution in [0.25, 0.3) is 22.4 Å². The third-order valence-corrected chi connectivity index (χ3v) is 5.47. The lowest BCUT2D eigenvalue weighted by molar-refractivity contribution is 0.466. The number of para-hydroxylation sites is 1. The van der Waals surface area contributed by atoms with Crippen LogP contribution in [0.1, 0.15) is 4.88 Å². The van der Waals surface area contributed by atoms with Crippen molar-refractivity contribution in [2.75, 3.05) is 0 Å². The van der Waals surface area contributed by atoms with E-state index in [0.29, 0.717) is 11.1 Å². The molecule has 0 aliphatic rings. The molecule has 4 rings (SSSR count). The van der Waals surface area contributed by atoms with E-state index in [1.165, 1.54) is 16.6 Å². The highest BCUT2D eigenvalue weighted by Gasteiger charge is 2.13. The Kier molecular flexibility index (Phi) is 3.65. The summed E-state index contributed by atoms with van der Waals surface area (Å²) in [6.45, 7) is 0. The van der Waals surface area contributed by atoms with Crippen molar-refractivity contribution in [1.29, 1.82) is 0 Å². The minimum atomic E-state index is 0.532. The first-order valence-electron chi connectivity index (χ1n) is 6.56.